The van der Waals surface area contributed by atoms with Gasteiger partial charge in [-0.25, -0.2) is 9.97 Å². The van der Waals surface area contributed by atoms with E-state index >= 15 is 0 Å². The van der Waals surface area contributed by atoms with Gasteiger partial charge in [-0.1, -0.05) is 6.07 Å². The van der Waals surface area contributed by atoms with Gasteiger partial charge in [-0.05, 0) is 64.3 Å². The first-order valence-electron chi connectivity index (χ1n) is 7.11. The number of hydrogen-bond donors (Lipinski definition) is 1. The second-order valence-electron chi connectivity index (χ2n) is 5.37. The first-order valence-corrected chi connectivity index (χ1v) is 7.11. The van der Waals surface area contributed by atoms with Crippen molar-refractivity contribution in [3.8, 4) is 11.3 Å². The molecule has 0 unspecified atom stereocenters. The van der Waals surface area contributed by atoms with Gasteiger partial charge in [0.05, 0.1) is 11.4 Å². The van der Waals surface area contributed by atoms with Crippen LogP contribution in [-0.4, -0.2) is 16.5 Å². The molecule has 106 valence electrons. The summed E-state index contributed by atoms with van der Waals surface area (Å²) in [6.45, 7) is 13.3. The van der Waals surface area contributed by atoms with Crippen molar-refractivity contribution in [1.82, 2.24) is 9.97 Å². The predicted octanol–water partition coefficient (Wildman–Crippen LogP) is 4.12. The van der Waals surface area contributed by atoms with Crippen molar-refractivity contribution < 1.29 is 0 Å². The molecule has 0 saturated carbocycles. The van der Waals surface area contributed by atoms with E-state index in [-0.39, 0.29) is 0 Å². The molecule has 20 heavy (non-hydrogen) atoms. The molecule has 3 nitrogen and oxygen atoms in total. The van der Waals surface area contributed by atoms with Gasteiger partial charge in [-0.15, -0.1) is 0 Å². The summed E-state index contributed by atoms with van der Waals surface area (Å²) in [6, 6.07) is 4.43. The Morgan fingerprint density at radius 3 is 2.10 bits per heavy atom. The molecule has 1 aromatic heterocycles. The summed E-state index contributed by atoms with van der Waals surface area (Å²) in [6.07, 6.45) is 0. The average molecular weight is 269 g/mol. The Morgan fingerprint density at radius 1 is 0.850 bits per heavy atom. The summed E-state index contributed by atoms with van der Waals surface area (Å²) >= 11 is 0. The van der Waals surface area contributed by atoms with Crippen LogP contribution in [0.3, 0.4) is 0 Å². The van der Waals surface area contributed by atoms with Crippen LogP contribution in [0.5, 0.6) is 0 Å². The van der Waals surface area contributed by atoms with Crippen LogP contribution in [0.1, 0.15) is 35.0 Å². The number of nitrogens with one attached hydrogen (secondary N) is 1. The van der Waals surface area contributed by atoms with E-state index in [1.165, 1.54) is 22.3 Å². The maximum Gasteiger partial charge on any atom is 0.152 e. The first-order chi connectivity index (χ1) is 9.43. The van der Waals surface area contributed by atoms with Crippen LogP contribution in [0.25, 0.3) is 11.3 Å². The maximum absolute atomic E-state index is 4.77. The standard InChI is InChI=1S/C17H23N3/c1-7-18-17-16(19-13(5)14(6)20-17)15-9-11(3)10(2)8-12(15)4/h8-9H,7H2,1-6H3,(H,18,20). The minimum Gasteiger partial charge on any atom is -0.369 e. The fourth-order valence-corrected chi connectivity index (χ4v) is 2.30. The van der Waals surface area contributed by atoms with Gasteiger partial charge in [-0.3, -0.25) is 0 Å². The van der Waals surface area contributed by atoms with E-state index in [4.69, 9.17) is 4.98 Å². The molecule has 1 N–H and O–H groups in total. The van der Waals surface area contributed by atoms with Gasteiger partial charge in [0.1, 0.15) is 5.69 Å². The highest BCUT2D eigenvalue weighted by Crippen LogP contribution is 2.30. The number of hydrogen-bond acceptors (Lipinski definition) is 3. The van der Waals surface area contributed by atoms with E-state index in [0.717, 1.165) is 29.4 Å². The molecule has 2 aromatic rings. The third-order valence-corrected chi connectivity index (χ3v) is 3.75. The smallest absolute Gasteiger partial charge is 0.152 e. The Kier molecular flexibility index (Phi) is 4.07. The SMILES string of the molecule is CCNc1nc(C)c(C)nc1-c1cc(C)c(C)cc1C. The van der Waals surface area contributed by atoms with E-state index in [0.29, 0.717) is 0 Å². The summed E-state index contributed by atoms with van der Waals surface area (Å²) in [4.78, 5) is 9.43. The van der Waals surface area contributed by atoms with Gasteiger partial charge >= 0.3 is 0 Å². The molecule has 0 aliphatic rings. The predicted molar refractivity (Wildman–Crippen MR) is 85.3 cm³/mol. The topological polar surface area (TPSA) is 37.8 Å². The molecule has 0 saturated heterocycles. The van der Waals surface area contributed by atoms with Gasteiger partial charge in [0.25, 0.3) is 0 Å². The van der Waals surface area contributed by atoms with E-state index in [9.17, 15) is 0 Å². The zero-order valence-electron chi connectivity index (χ0n) is 13.3. The minimum atomic E-state index is 0.841. The van der Waals surface area contributed by atoms with Crippen molar-refractivity contribution in [3.63, 3.8) is 0 Å². The highest BCUT2D eigenvalue weighted by molar-refractivity contribution is 5.75. The van der Waals surface area contributed by atoms with Crippen molar-refractivity contribution in [2.24, 2.45) is 0 Å². The van der Waals surface area contributed by atoms with Crippen molar-refractivity contribution in [3.05, 3.63) is 40.2 Å². The van der Waals surface area contributed by atoms with Crippen molar-refractivity contribution in [1.29, 1.82) is 0 Å². The number of aryl methyl sites for hydroxylation is 5. The maximum atomic E-state index is 4.77. The molecule has 0 atom stereocenters. The Hall–Kier alpha value is -1.90. The molecule has 0 aliphatic heterocycles. The monoisotopic (exact) mass is 269 g/mol. The highest BCUT2D eigenvalue weighted by atomic mass is 15.0. The third-order valence-electron chi connectivity index (χ3n) is 3.75. The van der Waals surface area contributed by atoms with Crippen LogP contribution < -0.4 is 5.32 Å². The number of benzene rings is 1. The minimum absolute atomic E-state index is 0.841. The summed E-state index contributed by atoms with van der Waals surface area (Å²) in [5.41, 5.74) is 7.92. The van der Waals surface area contributed by atoms with Gasteiger partial charge in [0.15, 0.2) is 5.82 Å². The van der Waals surface area contributed by atoms with Gasteiger partial charge in [0.2, 0.25) is 0 Å². The van der Waals surface area contributed by atoms with Gasteiger partial charge < -0.3 is 5.32 Å². The Bertz CT molecular complexity index is 645. The lowest BCUT2D eigenvalue weighted by Gasteiger charge is -2.15. The lowest BCUT2D eigenvalue weighted by Crippen LogP contribution is -2.07. The molecular formula is C17H23N3. The molecule has 0 spiro atoms. The van der Waals surface area contributed by atoms with Gasteiger partial charge in [0, 0.05) is 12.1 Å². The Labute approximate surface area is 121 Å². The van der Waals surface area contributed by atoms with Crippen molar-refractivity contribution in [2.75, 3.05) is 11.9 Å². The number of nitrogens with zero attached hydrogens (tertiary/aromatic N) is 2. The third kappa shape index (κ3) is 2.67. The van der Waals surface area contributed by atoms with Crippen LogP contribution in [0.4, 0.5) is 5.82 Å². The number of anilines is 1. The molecular weight excluding hydrogens is 246 g/mol. The zero-order chi connectivity index (χ0) is 14.9. The Morgan fingerprint density at radius 2 is 1.45 bits per heavy atom. The quantitative estimate of drug-likeness (QED) is 0.911. The van der Waals surface area contributed by atoms with E-state index in [1.54, 1.807) is 0 Å². The first kappa shape index (κ1) is 14.5. The van der Waals surface area contributed by atoms with Crippen LogP contribution in [0, 0.1) is 34.6 Å². The second-order valence-corrected chi connectivity index (χ2v) is 5.37. The summed E-state index contributed by atoms with van der Waals surface area (Å²) in [5.74, 6) is 0.877. The molecule has 0 radical (unpaired) electrons. The average Bonchev–Trinajstić information content (AvgIpc) is 2.38. The fraction of sp³-hybridized carbons (Fsp3) is 0.412. The fourth-order valence-electron chi connectivity index (χ4n) is 2.30. The normalized spacial score (nSPS) is 10.7. The van der Waals surface area contributed by atoms with Crippen LogP contribution in [0.15, 0.2) is 12.1 Å². The molecule has 0 aliphatic carbocycles. The van der Waals surface area contributed by atoms with Crippen LogP contribution in [-0.2, 0) is 0 Å². The lowest BCUT2D eigenvalue weighted by molar-refractivity contribution is 1.03. The van der Waals surface area contributed by atoms with Gasteiger partial charge in [-0.2, -0.15) is 0 Å². The second kappa shape index (κ2) is 5.61. The molecule has 3 heteroatoms. The van der Waals surface area contributed by atoms with E-state index in [2.05, 4.69) is 50.1 Å². The van der Waals surface area contributed by atoms with Crippen LogP contribution >= 0.6 is 0 Å². The summed E-state index contributed by atoms with van der Waals surface area (Å²) in [7, 11) is 0. The summed E-state index contributed by atoms with van der Waals surface area (Å²) < 4.78 is 0. The molecule has 0 amide bonds. The van der Waals surface area contributed by atoms with Crippen molar-refractivity contribution >= 4 is 5.82 Å². The van der Waals surface area contributed by atoms with Crippen molar-refractivity contribution in [2.45, 2.75) is 41.5 Å². The van der Waals surface area contributed by atoms with Crippen LogP contribution in [0.2, 0.25) is 0 Å². The molecule has 1 heterocycles. The number of aromatic nitrogens is 2. The molecule has 2 rings (SSSR count). The molecule has 1 aromatic carbocycles. The molecule has 0 fully saturated rings. The molecule has 0 bridgehead atoms. The highest BCUT2D eigenvalue weighted by Gasteiger charge is 2.13. The lowest BCUT2D eigenvalue weighted by atomic mass is 9.98. The number of rotatable bonds is 3. The zero-order valence-corrected chi connectivity index (χ0v) is 13.3. The summed E-state index contributed by atoms with van der Waals surface area (Å²) in [5, 5.41) is 3.33. The largest absolute Gasteiger partial charge is 0.369 e. The van der Waals surface area contributed by atoms with E-state index in [1.807, 2.05) is 13.8 Å². The Balaban J connectivity index is 2.68. The van der Waals surface area contributed by atoms with E-state index < -0.39 is 0 Å².